The monoisotopic (exact) mass is 983 g/mol. The third-order valence-corrected chi connectivity index (χ3v) is 20.8. The van der Waals surface area contributed by atoms with Crippen LogP contribution in [0.25, 0.3) is 87.8 Å². The summed E-state index contributed by atoms with van der Waals surface area (Å²) >= 11 is 0. The number of anilines is 3. The van der Waals surface area contributed by atoms with E-state index in [2.05, 4.69) is 311 Å². The van der Waals surface area contributed by atoms with Crippen molar-refractivity contribution in [1.29, 1.82) is 0 Å². The van der Waals surface area contributed by atoms with Crippen LogP contribution in [-0.2, 0) is 0 Å². The number of rotatable bonds is 10. The summed E-state index contributed by atoms with van der Waals surface area (Å²) in [5.74, 6) is 0. The van der Waals surface area contributed by atoms with Crippen LogP contribution in [-0.4, -0.2) is 17.0 Å². The van der Waals surface area contributed by atoms with Gasteiger partial charge in [0.1, 0.15) is 0 Å². The molecule has 0 unspecified atom stereocenters. The van der Waals surface area contributed by atoms with Gasteiger partial charge >= 0.3 is 0 Å². The van der Waals surface area contributed by atoms with E-state index in [0.29, 0.717) is 0 Å². The Morgan fingerprint density at radius 3 is 1.09 bits per heavy atom. The summed E-state index contributed by atoms with van der Waals surface area (Å²) in [5, 5.41) is 13.1. The van der Waals surface area contributed by atoms with E-state index in [9.17, 15) is 0 Å². The summed E-state index contributed by atoms with van der Waals surface area (Å²) in [6.07, 6.45) is 0. The van der Waals surface area contributed by atoms with E-state index in [1.54, 1.807) is 0 Å². The molecule has 3 aromatic heterocycles. The third-order valence-electron chi connectivity index (χ3n) is 16.0. The number of fused-ring (bicyclic) bond motifs is 9. The fourth-order valence-electron chi connectivity index (χ4n) is 12.6. The van der Waals surface area contributed by atoms with Crippen molar-refractivity contribution in [3.63, 3.8) is 0 Å². The second-order valence-corrected chi connectivity index (χ2v) is 23.8. The smallest absolute Gasteiger partial charge is 0.179 e. The Balaban J connectivity index is 0.820. The van der Waals surface area contributed by atoms with E-state index in [4.69, 9.17) is 0 Å². The molecule has 0 saturated heterocycles. The minimum atomic E-state index is -2.64. The molecule has 0 fully saturated rings. The molecule has 4 heteroatoms. The first kappa shape index (κ1) is 43.8. The van der Waals surface area contributed by atoms with Crippen LogP contribution in [0.5, 0.6) is 0 Å². The Labute approximate surface area is 442 Å². The lowest BCUT2D eigenvalue weighted by atomic mass is 10.0. The lowest BCUT2D eigenvalue weighted by molar-refractivity contribution is 1.18. The van der Waals surface area contributed by atoms with Gasteiger partial charge in [-0.15, -0.1) is 0 Å². The predicted molar refractivity (Wildman–Crippen MR) is 325 cm³/mol. The quantitative estimate of drug-likeness (QED) is 0.0983. The normalized spacial score (nSPS) is 11.9. The standard InChI is InChI=1S/C72H49N3Si/c1-4-17-58(18-5-1)76(59-19-6-2-7-20-59,60-21-8-3-9-22-60)61-46-37-53(38-47-61)52-33-41-55(42-34-52)73(57-45-48-65-67-27-16-26-66-64-25-12-15-30-70(64)75(72(66)67)71(65)49-57)54-39-31-50(32-40-54)51-35-43-56(44-36-51)74-68-28-13-10-23-62(68)63-24-11-14-29-69(63)74/h1-49H. The fourth-order valence-corrected chi connectivity index (χ4v) is 17.3. The van der Waals surface area contributed by atoms with Crippen LogP contribution in [0.3, 0.4) is 0 Å². The molecule has 0 aliphatic heterocycles. The molecule has 356 valence electrons. The minimum Gasteiger partial charge on any atom is -0.310 e. The Hall–Kier alpha value is -9.74. The molecule has 0 radical (unpaired) electrons. The number of hydrogen-bond acceptors (Lipinski definition) is 1. The van der Waals surface area contributed by atoms with Gasteiger partial charge in [0.2, 0.25) is 0 Å². The molecule has 0 N–H and O–H groups in total. The molecule has 0 bridgehead atoms. The zero-order valence-corrected chi connectivity index (χ0v) is 42.6. The SMILES string of the molecule is c1ccc([Si](c2ccccc2)(c2ccccc2)c2ccc(-c3ccc(N(c4ccc(-c5ccc(-n6c7ccccc7c7ccccc76)cc5)cc4)c4ccc5c6cccc7c8ccccc8n(c5c4)c76)cc3)cc2)cc1. The van der Waals surface area contributed by atoms with Gasteiger partial charge < -0.3 is 13.9 Å². The Morgan fingerprint density at radius 1 is 0.250 bits per heavy atom. The van der Waals surface area contributed by atoms with E-state index < -0.39 is 8.07 Å². The Kier molecular flexibility index (Phi) is 10.2. The van der Waals surface area contributed by atoms with E-state index in [-0.39, 0.29) is 0 Å². The highest BCUT2D eigenvalue weighted by molar-refractivity contribution is 7.19. The maximum atomic E-state index is 2.47. The average molecular weight is 984 g/mol. The fraction of sp³-hybridized carbons (Fsp3) is 0. The molecule has 3 nitrogen and oxygen atoms in total. The highest BCUT2D eigenvalue weighted by Gasteiger charge is 2.41. The van der Waals surface area contributed by atoms with Crippen molar-refractivity contribution in [3.05, 3.63) is 297 Å². The van der Waals surface area contributed by atoms with Crippen LogP contribution >= 0.6 is 0 Å². The number of aromatic nitrogens is 2. The van der Waals surface area contributed by atoms with Crippen molar-refractivity contribution in [2.24, 2.45) is 0 Å². The largest absolute Gasteiger partial charge is 0.310 e. The first-order valence-electron chi connectivity index (χ1n) is 26.2. The molecular weight excluding hydrogens is 935 g/mol. The van der Waals surface area contributed by atoms with Gasteiger partial charge in [0, 0.05) is 55.1 Å². The summed E-state index contributed by atoms with van der Waals surface area (Å²) in [7, 11) is -2.64. The Morgan fingerprint density at radius 2 is 0.605 bits per heavy atom. The van der Waals surface area contributed by atoms with E-state index in [0.717, 1.165) is 22.7 Å². The predicted octanol–water partition coefficient (Wildman–Crippen LogP) is 16.1. The van der Waals surface area contributed by atoms with Gasteiger partial charge in [0.25, 0.3) is 0 Å². The lowest BCUT2D eigenvalue weighted by Gasteiger charge is -2.34. The summed E-state index contributed by atoms with van der Waals surface area (Å²) in [6.45, 7) is 0. The maximum absolute atomic E-state index is 2.64. The first-order valence-corrected chi connectivity index (χ1v) is 28.2. The highest BCUT2D eigenvalue weighted by Crippen LogP contribution is 2.43. The average Bonchev–Trinajstić information content (AvgIpc) is 4.15. The molecule has 0 aliphatic carbocycles. The van der Waals surface area contributed by atoms with Crippen molar-refractivity contribution >= 4 is 106 Å². The van der Waals surface area contributed by atoms with Crippen LogP contribution in [0.1, 0.15) is 0 Å². The van der Waals surface area contributed by atoms with E-state index >= 15 is 0 Å². The summed E-state index contributed by atoms with van der Waals surface area (Å²) in [6, 6.07) is 110. The van der Waals surface area contributed by atoms with Gasteiger partial charge in [-0.05, 0) is 110 Å². The van der Waals surface area contributed by atoms with Gasteiger partial charge in [-0.25, -0.2) is 0 Å². The highest BCUT2D eigenvalue weighted by atomic mass is 28.3. The third kappa shape index (κ3) is 6.81. The van der Waals surface area contributed by atoms with Crippen molar-refractivity contribution in [3.8, 4) is 27.9 Å². The van der Waals surface area contributed by atoms with Gasteiger partial charge in [-0.1, -0.05) is 231 Å². The maximum Gasteiger partial charge on any atom is 0.179 e. The van der Waals surface area contributed by atoms with Gasteiger partial charge in [0.05, 0.1) is 27.6 Å². The van der Waals surface area contributed by atoms with Gasteiger partial charge in [-0.3, -0.25) is 0 Å². The number of para-hydroxylation sites is 4. The molecule has 15 aromatic rings. The molecule has 12 aromatic carbocycles. The van der Waals surface area contributed by atoms with Gasteiger partial charge in [0.15, 0.2) is 8.07 Å². The minimum absolute atomic E-state index is 1.09. The number of nitrogens with zero attached hydrogens (tertiary/aromatic N) is 3. The van der Waals surface area contributed by atoms with Gasteiger partial charge in [-0.2, -0.15) is 0 Å². The van der Waals surface area contributed by atoms with Crippen molar-refractivity contribution in [2.45, 2.75) is 0 Å². The zero-order chi connectivity index (χ0) is 50.2. The molecule has 0 spiro atoms. The topological polar surface area (TPSA) is 12.6 Å². The number of benzene rings is 12. The lowest BCUT2D eigenvalue weighted by Crippen LogP contribution is -2.74. The molecule has 0 aliphatic rings. The van der Waals surface area contributed by atoms with Crippen LogP contribution in [0.4, 0.5) is 17.1 Å². The summed E-state index contributed by atoms with van der Waals surface area (Å²) in [4.78, 5) is 2.41. The molecule has 76 heavy (non-hydrogen) atoms. The van der Waals surface area contributed by atoms with Crippen LogP contribution in [0.2, 0.25) is 0 Å². The van der Waals surface area contributed by atoms with E-state index in [1.165, 1.54) is 103 Å². The first-order chi connectivity index (χ1) is 37.7. The second kappa shape index (κ2) is 17.7. The van der Waals surface area contributed by atoms with Crippen molar-refractivity contribution < 1.29 is 0 Å². The van der Waals surface area contributed by atoms with Crippen molar-refractivity contribution in [1.82, 2.24) is 8.97 Å². The molecular formula is C72H49N3Si. The summed E-state index contributed by atoms with van der Waals surface area (Å²) < 4.78 is 4.85. The van der Waals surface area contributed by atoms with Crippen LogP contribution < -0.4 is 25.6 Å². The molecule has 15 rings (SSSR count). The molecule has 0 atom stereocenters. The molecule has 0 amide bonds. The van der Waals surface area contributed by atoms with Crippen LogP contribution in [0, 0.1) is 0 Å². The second-order valence-electron chi connectivity index (χ2n) is 20.0. The summed E-state index contributed by atoms with van der Waals surface area (Å²) in [5.41, 5.74) is 15.3. The molecule has 0 saturated carbocycles. The zero-order valence-electron chi connectivity index (χ0n) is 41.6. The van der Waals surface area contributed by atoms with Crippen molar-refractivity contribution in [2.75, 3.05) is 4.90 Å². The van der Waals surface area contributed by atoms with Crippen LogP contribution in [0.15, 0.2) is 297 Å². The molecule has 3 heterocycles. The number of hydrogen-bond donors (Lipinski definition) is 0. The Bertz CT molecular complexity index is 4430. The van der Waals surface area contributed by atoms with E-state index in [1.807, 2.05) is 0 Å².